The van der Waals surface area contributed by atoms with Gasteiger partial charge in [0.05, 0.1) is 0 Å². The highest BCUT2D eigenvalue weighted by molar-refractivity contribution is 5.76. The molecule has 0 aliphatic heterocycles. The van der Waals surface area contributed by atoms with Crippen LogP contribution in [0.4, 0.5) is 0 Å². The van der Waals surface area contributed by atoms with E-state index in [2.05, 4.69) is 63.3 Å². The van der Waals surface area contributed by atoms with Crippen molar-refractivity contribution in [2.45, 2.75) is 27.2 Å². The summed E-state index contributed by atoms with van der Waals surface area (Å²) in [5, 5.41) is 0. The van der Waals surface area contributed by atoms with Crippen LogP contribution in [0.3, 0.4) is 0 Å². The molecule has 0 N–H and O–H groups in total. The molecule has 0 saturated heterocycles. The maximum Gasteiger partial charge on any atom is -0.00882 e. The van der Waals surface area contributed by atoms with Crippen LogP contribution in [0, 0.1) is 20.8 Å². The molecule has 2 aromatic rings. The molecule has 0 heteroatoms. The quantitative estimate of drug-likeness (QED) is 0.661. The topological polar surface area (TPSA) is 0 Å². The van der Waals surface area contributed by atoms with Crippen LogP contribution in [-0.4, -0.2) is 0 Å². The van der Waals surface area contributed by atoms with Crippen molar-refractivity contribution in [2.75, 3.05) is 0 Å². The summed E-state index contributed by atoms with van der Waals surface area (Å²) in [5.41, 5.74) is 9.70. The fraction of sp³-hybridized carbons (Fsp3) is 0.222. The van der Waals surface area contributed by atoms with Gasteiger partial charge in [-0.1, -0.05) is 36.4 Å². The van der Waals surface area contributed by atoms with E-state index in [4.69, 9.17) is 0 Å². The lowest BCUT2D eigenvalue weighted by Gasteiger charge is -2.13. The van der Waals surface area contributed by atoms with Crippen LogP contribution in [0.15, 0.2) is 36.4 Å². The number of aryl methyl sites for hydroxylation is 2. The molecular formula is C18H18. The van der Waals surface area contributed by atoms with Gasteiger partial charge in [-0.15, -0.1) is 0 Å². The van der Waals surface area contributed by atoms with Crippen molar-refractivity contribution in [3.63, 3.8) is 0 Å². The van der Waals surface area contributed by atoms with Crippen molar-refractivity contribution in [3.05, 3.63) is 64.2 Å². The fourth-order valence-electron chi connectivity index (χ4n) is 2.80. The SMILES string of the molecule is Cc1ccc(C)c(-c2ccc3c(c2)C=CC3)c1C. The van der Waals surface area contributed by atoms with Gasteiger partial charge in [-0.25, -0.2) is 0 Å². The summed E-state index contributed by atoms with van der Waals surface area (Å²) in [5.74, 6) is 0. The number of rotatable bonds is 1. The van der Waals surface area contributed by atoms with Crippen molar-refractivity contribution < 1.29 is 0 Å². The second kappa shape index (κ2) is 4.13. The average Bonchev–Trinajstić information content (AvgIpc) is 2.82. The molecule has 90 valence electrons. The Morgan fingerprint density at radius 2 is 1.67 bits per heavy atom. The Morgan fingerprint density at radius 3 is 2.50 bits per heavy atom. The highest BCUT2D eigenvalue weighted by Crippen LogP contribution is 2.32. The van der Waals surface area contributed by atoms with Crippen LogP contribution < -0.4 is 0 Å². The number of benzene rings is 2. The van der Waals surface area contributed by atoms with E-state index < -0.39 is 0 Å². The molecule has 0 saturated carbocycles. The largest absolute Gasteiger partial charge is 0.0795 e. The first-order valence-electron chi connectivity index (χ1n) is 6.53. The zero-order chi connectivity index (χ0) is 12.7. The van der Waals surface area contributed by atoms with Gasteiger partial charge in [0.15, 0.2) is 0 Å². The van der Waals surface area contributed by atoms with Crippen molar-refractivity contribution in [1.29, 1.82) is 0 Å². The number of fused-ring (bicyclic) bond motifs is 1. The maximum absolute atomic E-state index is 2.33. The van der Waals surface area contributed by atoms with Gasteiger partial charge in [0.25, 0.3) is 0 Å². The van der Waals surface area contributed by atoms with Crippen molar-refractivity contribution in [3.8, 4) is 11.1 Å². The molecular weight excluding hydrogens is 216 g/mol. The predicted octanol–water partition coefficient (Wildman–Crippen LogP) is 4.85. The third kappa shape index (κ3) is 1.69. The van der Waals surface area contributed by atoms with Crippen molar-refractivity contribution in [2.24, 2.45) is 0 Å². The van der Waals surface area contributed by atoms with Crippen LogP contribution in [0.2, 0.25) is 0 Å². The lowest BCUT2D eigenvalue weighted by Crippen LogP contribution is -1.92. The molecule has 0 nitrogen and oxygen atoms in total. The van der Waals surface area contributed by atoms with E-state index in [9.17, 15) is 0 Å². The minimum absolute atomic E-state index is 1.08. The Labute approximate surface area is 109 Å². The zero-order valence-corrected chi connectivity index (χ0v) is 11.2. The van der Waals surface area contributed by atoms with Gasteiger partial charge in [0, 0.05) is 0 Å². The first kappa shape index (κ1) is 11.3. The highest BCUT2D eigenvalue weighted by Gasteiger charge is 2.11. The first-order chi connectivity index (χ1) is 8.66. The molecule has 18 heavy (non-hydrogen) atoms. The maximum atomic E-state index is 2.33. The second-order valence-corrected chi connectivity index (χ2v) is 5.22. The van der Waals surface area contributed by atoms with E-state index in [1.165, 1.54) is 38.9 Å². The first-order valence-corrected chi connectivity index (χ1v) is 6.53. The smallest absolute Gasteiger partial charge is 0.00882 e. The van der Waals surface area contributed by atoms with E-state index in [1.54, 1.807) is 0 Å². The Morgan fingerprint density at radius 1 is 0.889 bits per heavy atom. The molecule has 0 atom stereocenters. The predicted molar refractivity (Wildman–Crippen MR) is 78.8 cm³/mol. The van der Waals surface area contributed by atoms with E-state index in [1.807, 2.05) is 0 Å². The number of hydrogen-bond acceptors (Lipinski definition) is 0. The average molecular weight is 234 g/mol. The van der Waals surface area contributed by atoms with Crippen molar-refractivity contribution >= 4 is 6.08 Å². The monoisotopic (exact) mass is 234 g/mol. The van der Waals surface area contributed by atoms with Gasteiger partial charge in [-0.2, -0.15) is 0 Å². The third-order valence-electron chi connectivity index (χ3n) is 4.01. The van der Waals surface area contributed by atoms with Gasteiger partial charge in [0.1, 0.15) is 0 Å². The summed E-state index contributed by atoms with van der Waals surface area (Å²) < 4.78 is 0. The highest BCUT2D eigenvalue weighted by atomic mass is 14.2. The lowest BCUT2D eigenvalue weighted by molar-refractivity contribution is 1.28. The van der Waals surface area contributed by atoms with Crippen LogP contribution >= 0.6 is 0 Å². The van der Waals surface area contributed by atoms with Crippen LogP contribution in [0.1, 0.15) is 27.8 Å². The summed E-state index contributed by atoms with van der Waals surface area (Å²) in [6.45, 7) is 6.61. The molecule has 0 aromatic heterocycles. The number of allylic oxidation sites excluding steroid dienone is 1. The lowest BCUT2D eigenvalue weighted by atomic mass is 9.91. The molecule has 0 amide bonds. The second-order valence-electron chi connectivity index (χ2n) is 5.22. The van der Waals surface area contributed by atoms with E-state index in [-0.39, 0.29) is 0 Å². The molecule has 1 aliphatic rings. The van der Waals surface area contributed by atoms with E-state index in [0.717, 1.165) is 6.42 Å². The molecule has 2 aromatic carbocycles. The Bertz CT molecular complexity index is 645. The molecule has 0 fully saturated rings. The normalized spacial score (nSPS) is 12.8. The zero-order valence-electron chi connectivity index (χ0n) is 11.2. The Hall–Kier alpha value is -1.82. The standard InChI is InChI=1S/C18H18/c1-12-7-8-13(2)18(14(12)3)17-10-9-15-5-4-6-16(15)11-17/h4,6-11H,5H2,1-3H3. The van der Waals surface area contributed by atoms with E-state index >= 15 is 0 Å². The molecule has 0 spiro atoms. The minimum Gasteiger partial charge on any atom is -0.0795 e. The minimum atomic E-state index is 1.08. The summed E-state index contributed by atoms with van der Waals surface area (Å²) in [4.78, 5) is 0. The Balaban J connectivity index is 2.21. The van der Waals surface area contributed by atoms with Gasteiger partial charge >= 0.3 is 0 Å². The van der Waals surface area contributed by atoms with Crippen molar-refractivity contribution in [1.82, 2.24) is 0 Å². The molecule has 1 aliphatic carbocycles. The van der Waals surface area contributed by atoms with Gasteiger partial charge in [0.2, 0.25) is 0 Å². The Kier molecular flexibility index (Phi) is 2.59. The molecule has 3 rings (SSSR count). The molecule has 0 bridgehead atoms. The summed E-state index contributed by atoms with van der Waals surface area (Å²) in [7, 11) is 0. The van der Waals surface area contributed by atoms with Gasteiger partial charge < -0.3 is 0 Å². The summed E-state index contributed by atoms with van der Waals surface area (Å²) >= 11 is 0. The van der Waals surface area contributed by atoms with Gasteiger partial charge in [-0.05, 0) is 72.2 Å². The van der Waals surface area contributed by atoms with Crippen LogP contribution in [-0.2, 0) is 6.42 Å². The van der Waals surface area contributed by atoms with Crippen LogP contribution in [0.25, 0.3) is 17.2 Å². The molecule has 0 unspecified atom stereocenters. The summed E-state index contributed by atoms with van der Waals surface area (Å²) in [6.07, 6.45) is 5.56. The van der Waals surface area contributed by atoms with Gasteiger partial charge in [-0.3, -0.25) is 0 Å². The summed E-state index contributed by atoms with van der Waals surface area (Å²) in [6, 6.07) is 11.3. The molecule has 0 heterocycles. The number of hydrogen-bond donors (Lipinski definition) is 0. The third-order valence-corrected chi connectivity index (χ3v) is 4.01. The molecule has 0 radical (unpaired) electrons. The van der Waals surface area contributed by atoms with Crippen LogP contribution in [0.5, 0.6) is 0 Å². The van der Waals surface area contributed by atoms with E-state index in [0.29, 0.717) is 0 Å². The fourth-order valence-corrected chi connectivity index (χ4v) is 2.80.